The SMILES string of the molecule is CC(=O)OC1CC(C(C)C)n2c1cc1cnccc12. The zero-order valence-electron chi connectivity index (χ0n) is 11.5. The Morgan fingerprint density at radius 2 is 2.32 bits per heavy atom. The lowest BCUT2D eigenvalue weighted by atomic mass is 10.0. The molecule has 4 heteroatoms. The zero-order valence-corrected chi connectivity index (χ0v) is 11.5. The standard InChI is InChI=1S/C15H18N2O2/c1-9(2)13-7-15(19-10(3)18)14-6-11-8-16-5-4-12(11)17(13)14/h4-6,8-9,13,15H,7H2,1-3H3. The molecular formula is C15H18N2O2. The molecule has 0 bridgehead atoms. The topological polar surface area (TPSA) is 44.1 Å². The summed E-state index contributed by atoms with van der Waals surface area (Å²) in [5, 5.41) is 1.11. The lowest BCUT2D eigenvalue weighted by Crippen LogP contribution is -2.10. The molecule has 100 valence electrons. The summed E-state index contributed by atoms with van der Waals surface area (Å²) in [6.07, 6.45) is 4.41. The number of hydrogen-bond donors (Lipinski definition) is 0. The predicted octanol–water partition coefficient (Wildman–Crippen LogP) is 3.24. The van der Waals surface area contributed by atoms with E-state index in [9.17, 15) is 4.79 Å². The van der Waals surface area contributed by atoms with Crippen molar-refractivity contribution in [1.29, 1.82) is 0 Å². The third-order valence-electron chi connectivity index (χ3n) is 3.86. The van der Waals surface area contributed by atoms with Crippen LogP contribution in [-0.4, -0.2) is 15.5 Å². The van der Waals surface area contributed by atoms with Crippen LogP contribution in [0.4, 0.5) is 0 Å². The van der Waals surface area contributed by atoms with Gasteiger partial charge in [-0.25, -0.2) is 0 Å². The van der Waals surface area contributed by atoms with Crippen molar-refractivity contribution in [1.82, 2.24) is 9.55 Å². The minimum Gasteiger partial charge on any atom is -0.456 e. The Morgan fingerprint density at radius 3 is 3.00 bits per heavy atom. The number of aromatic nitrogens is 2. The van der Waals surface area contributed by atoms with Gasteiger partial charge in [-0.05, 0) is 18.1 Å². The Morgan fingerprint density at radius 1 is 1.53 bits per heavy atom. The van der Waals surface area contributed by atoms with Crippen molar-refractivity contribution < 1.29 is 9.53 Å². The van der Waals surface area contributed by atoms with Crippen LogP contribution < -0.4 is 0 Å². The summed E-state index contributed by atoms with van der Waals surface area (Å²) < 4.78 is 7.78. The minimum absolute atomic E-state index is 0.128. The van der Waals surface area contributed by atoms with Crippen LogP contribution in [0.5, 0.6) is 0 Å². The first-order valence-corrected chi connectivity index (χ1v) is 6.70. The average Bonchev–Trinajstić information content (AvgIpc) is 2.87. The number of esters is 1. The Balaban J connectivity index is 2.14. The molecule has 0 aromatic carbocycles. The maximum atomic E-state index is 11.3. The molecule has 0 radical (unpaired) electrons. The maximum absolute atomic E-state index is 11.3. The van der Waals surface area contributed by atoms with E-state index >= 15 is 0 Å². The van der Waals surface area contributed by atoms with Gasteiger partial charge in [-0.1, -0.05) is 13.8 Å². The number of fused-ring (bicyclic) bond motifs is 3. The first-order chi connectivity index (χ1) is 9.08. The van der Waals surface area contributed by atoms with Crippen molar-refractivity contribution in [3.8, 4) is 0 Å². The van der Waals surface area contributed by atoms with Crippen LogP contribution in [0.3, 0.4) is 0 Å². The number of nitrogens with zero attached hydrogens (tertiary/aromatic N) is 2. The molecule has 0 N–H and O–H groups in total. The second kappa shape index (κ2) is 4.37. The first kappa shape index (κ1) is 12.2. The van der Waals surface area contributed by atoms with Crippen molar-refractivity contribution in [3.05, 3.63) is 30.2 Å². The van der Waals surface area contributed by atoms with Gasteiger partial charge in [0.15, 0.2) is 0 Å². The lowest BCUT2D eigenvalue weighted by molar-refractivity contribution is -0.146. The molecule has 0 saturated heterocycles. The van der Waals surface area contributed by atoms with Gasteiger partial charge in [0.1, 0.15) is 6.10 Å². The van der Waals surface area contributed by atoms with E-state index in [4.69, 9.17) is 4.74 Å². The fraction of sp³-hybridized carbons (Fsp3) is 0.467. The largest absolute Gasteiger partial charge is 0.456 e. The summed E-state index contributed by atoms with van der Waals surface area (Å²) >= 11 is 0. The molecule has 19 heavy (non-hydrogen) atoms. The zero-order chi connectivity index (χ0) is 13.6. The highest BCUT2D eigenvalue weighted by Gasteiger charge is 2.35. The van der Waals surface area contributed by atoms with Gasteiger partial charge in [0.05, 0.1) is 11.2 Å². The van der Waals surface area contributed by atoms with Crippen LogP contribution in [-0.2, 0) is 9.53 Å². The molecule has 4 nitrogen and oxygen atoms in total. The highest BCUT2D eigenvalue weighted by Crippen LogP contribution is 2.44. The first-order valence-electron chi connectivity index (χ1n) is 6.70. The van der Waals surface area contributed by atoms with Crippen LogP contribution in [0, 0.1) is 5.92 Å². The van der Waals surface area contributed by atoms with Gasteiger partial charge in [-0.2, -0.15) is 0 Å². The quantitative estimate of drug-likeness (QED) is 0.777. The van der Waals surface area contributed by atoms with Crippen molar-refractivity contribution in [2.24, 2.45) is 5.92 Å². The van der Waals surface area contributed by atoms with Gasteiger partial charge < -0.3 is 9.30 Å². The van der Waals surface area contributed by atoms with Crippen LogP contribution in [0.15, 0.2) is 24.5 Å². The molecule has 3 rings (SSSR count). The van der Waals surface area contributed by atoms with Crippen molar-refractivity contribution in [2.75, 3.05) is 0 Å². The molecule has 3 heterocycles. The van der Waals surface area contributed by atoms with E-state index in [1.54, 1.807) is 0 Å². The van der Waals surface area contributed by atoms with E-state index in [2.05, 4.69) is 29.5 Å². The van der Waals surface area contributed by atoms with E-state index in [0.29, 0.717) is 12.0 Å². The van der Waals surface area contributed by atoms with Gasteiger partial charge in [-0.3, -0.25) is 9.78 Å². The van der Waals surface area contributed by atoms with Crippen LogP contribution >= 0.6 is 0 Å². The molecule has 2 aromatic rings. The van der Waals surface area contributed by atoms with Gasteiger partial charge in [0, 0.05) is 37.2 Å². The number of ether oxygens (including phenoxy) is 1. The number of hydrogen-bond acceptors (Lipinski definition) is 3. The maximum Gasteiger partial charge on any atom is 0.303 e. The molecule has 2 unspecified atom stereocenters. The van der Waals surface area contributed by atoms with Crippen molar-refractivity contribution in [2.45, 2.75) is 39.3 Å². The van der Waals surface area contributed by atoms with Crippen molar-refractivity contribution in [3.63, 3.8) is 0 Å². The van der Waals surface area contributed by atoms with E-state index in [1.807, 2.05) is 18.5 Å². The van der Waals surface area contributed by atoms with Gasteiger partial charge >= 0.3 is 5.97 Å². The molecule has 1 aliphatic rings. The fourth-order valence-corrected chi connectivity index (χ4v) is 3.04. The highest BCUT2D eigenvalue weighted by atomic mass is 16.5. The molecule has 0 aliphatic carbocycles. The third-order valence-corrected chi connectivity index (χ3v) is 3.86. The van der Waals surface area contributed by atoms with Gasteiger partial charge in [-0.15, -0.1) is 0 Å². The summed E-state index contributed by atoms with van der Waals surface area (Å²) in [4.78, 5) is 15.4. The van der Waals surface area contributed by atoms with Crippen LogP contribution in [0.2, 0.25) is 0 Å². The summed E-state index contributed by atoms with van der Waals surface area (Å²) in [5.74, 6) is 0.285. The molecule has 0 spiro atoms. The summed E-state index contributed by atoms with van der Waals surface area (Å²) in [6.45, 7) is 5.88. The Bertz CT molecular complexity index is 630. The Kier molecular flexibility index (Phi) is 2.81. The number of rotatable bonds is 2. The Labute approximate surface area is 112 Å². The number of carbonyl (C=O) groups is 1. The summed E-state index contributed by atoms with van der Waals surface area (Å²) in [7, 11) is 0. The molecule has 0 saturated carbocycles. The predicted molar refractivity (Wildman–Crippen MR) is 72.7 cm³/mol. The van der Waals surface area contributed by atoms with E-state index in [1.165, 1.54) is 12.4 Å². The Hall–Kier alpha value is -1.84. The van der Waals surface area contributed by atoms with Crippen molar-refractivity contribution >= 4 is 16.9 Å². The molecule has 1 aliphatic heterocycles. The molecule has 0 fully saturated rings. The van der Waals surface area contributed by atoms with E-state index in [-0.39, 0.29) is 12.1 Å². The smallest absolute Gasteiger partial charge is 0.303 e. The molecule has 0 amide bonds. The lowest BCUT2D eigenvalue weighted by Gasteiger charge is -2.18. The third kappa shape index (κ3) is 1.91. The van der Waals surface area contributed by atoms with E-state index in [0.717, 1.165) is 17.5 Å². The number of pyridine rings is 1. The summed E-state index contributed by atoms with van der Waals surface area (Å²) in [5.41, 5.74) is 2.27. The average molecular weight is 258 g/mol. The molecular weight excluding hydrogens is 240 g/mol. The van der Waals surface area contributed by atoms with Crippen LogP contribution in [0.1, 0.15) is 45.0 Å². The monoisotopic (exact) mass is 258 g/mol. The van der Waals surface area contributed by atoms with Gasteiger partial charge in [0.2, 0.25) is 0 Å². The number of carbonyl (C=O) groups excluding carboxylic acids is 1. The molecule has 2 atom stereocenters. The summed E-state index contributed by atoms with van der Waals surface area (Å²) in [6, 6.07) is 4.50. The normalized spacial score (nSPS) is 21.9. The fourth-order valence-electron chi connectivity index (χ4n) is 3.04. The minimum atomic E-state index is -0.218. The molecule has 2 aromatic heterocycles. The van der Waals surface area contributed by atoms with Gasteiger partial charge in [0.25, 0.3) is 0 Å². The second-order valence-corrected chi connectivity index (χ2v) is 5.52. The second-order valence-electron chi connectivity index (χ2n) is 5.52. The highest BCUT2D eigenvalue weighted by molar-refractivity contribution is 5.81. The van der Waals surface area contributed by atoms with E-state index < -0.39 is 0 Å². The van der Waals surface area contributed by atoms with Crippen LogP contribution in [0.25, 0.3) is 10.9 Å².